The highest BCUT2D eigenvalue weighted by Gasteiger charge is 2.35. The molecule has 0 spiro atoms. The lowest BCUT2D eigenvalue weighted by Gasteiger charge is -2.20. The summed E-state index contributed by atoms with van der Waals surface area (Å²) < 4.78 is 1.13. The average molecular weight is 371 g/mol. The molecule has 0 radical (unpaired) electrons. The first-order valence-corrected chi connectivity index (χ1v) is 9.19. The minimum atomic E-state index is -0.448. The number of hydrogen-bond donors (Lipinski definition) is 0. The third-order valence-electron chi connectivity index (χ3n) is 4.57. The van der Waals surface area contributed by atoms with Crippen LogP contribution >= 0.6 is 22.9 Å². The smallest absolute Gasteiger partial charge is 0.227 e. The molecule has 3 aromatic rings. The number of para-hydroxylation sites is 1. The molecule has 1 saturated heterocycles. The molecule has 4 nitrogen and oxygen atoms in total. The van der Waals surface area contributed by atoms with Crippen molar-refractivity contribution in [2.24, 2.45) is 5.92 Å². The number of anilines is 1. The van der Waals surface area contributed by atoms with Crippen LogP contribution in [0.1, 0.15) is 12.0 Å². The Bertz CT molecular complexity index is 965. The molecule has 0 unspecified atom stereocenters. The number of carbonyl (C=O) groups is 2. The normalized spacial score (nSPS) is 17.4. The maximum Gasteiger partial charge on any atom is 0.227 e. The lowest BCUT2D eigenvalue weighted by molar-refractivity contribution is -0.120. The lowest BCUT2D eigenvalue weighted by atomic mass is 10.1. The fourth-order valence-corrected chi connectivity index (χ4v) is 4.42. The average Bonchev–Trinajstić information content (AvgIpc) is 3.18. The van der Waals surface area contributed by atoms with E-state index >= 15 is 0 Å². The SMILES string of the molecule is Cc1c(-c2nc3ccccc3s2)cccc1N1C[C@H](C(=O)Cl)CC1=O. The van der Waals surface area contributed by atoms with Gasteiger partial charge in [-0.3, -0.25) is 9.59 Å². The number of fused-ring (bicyclic) bond motifs is 1. The Morgan fingerprint density at radius 2 is 2.04 bits per heavy atom. The van der Waals surface area contributed by atoms with Crippen molar-refractivity contribution < 1.29 is 9.59 Å². The second-order valence-corrected chi connectivity index (χ2v) is 7.55. The van der Waals surface area contributed by atoms with Crippen molar-refractivity contribution >= 4 is 50.0 Å². The van der Waals surface area contributed by atoms with Gasteiger partial charge in [-0.2, -0.15) is 0 Å². The maximum absolute atomic E-state index is 12.3. The Morgan fingerprint density at radius 1 is 1.24 bits per heavy atom. The molecule has 0 saturated carbocycles. The topological polar surface area (TPSA) is 50.3 Å². The van der Waals surface area contributed by atoms with Crippen LogP contribution in [0.5, 0.6) is 0 Å². The largest absolute Gasteiger partial charge is 0.311 e. The summed E-state index contributed by atoms with van der Waals surface area (Å²) in [6, 6.07) is 13.9. The molecule has 6 heteroatoms. The molecule has 0 bridgehead atoms. The highest BCUT2D eigenvalue weighted by molar-refractivity contribution is 7.21. The van der Waals surface area contributed by atoms with Gasteiger partial charge in [0.15, 0.2) is 0 Å². The molecule has 1 amide bonds. The summed E-state index contributed by atoms with van der Waals surface area (Å²) in [6.45, 7) is 2.32. The van der Waals surface area contributed by atoms with Crippen LogP contribution in [0, 0.1) is 12.8 Å². The molecule has 1 aliphatic rings. The number of thiazole rings is 1. The number of amides is 1. The zero-order valence-corrected chi connectivity index (χ0v) is 15.1. The Balaban J connectivity index is 1.76. The standard InChI is InChI=1S/C19H15ClN2O2S/c1-11-13(19-21-14-6-2-3-8-16(14)25-19)5-4-7-15(11)22-10-12(18(20)24)9-17(22)23/h2-8,12H,9-10H2,1H3/t12-/m1/s1. The monoisotopic (exact) mass is 370 g/mol. The third-order valence-corrected chi connectivity index (χ3v) is 5.94. The van der Waals surface area contributed by atoms with E-state index in [9.17, 15) is 9.59 Å². The molecule has 2 aromatic carbocycles. The van der Waals surface area contributed by atoms with Gasteiger partial charge in [0.2, 0.25) is 11.1 Å². The lowest BCUT2D eigenvalue weighted by Crippen LogP contribution is -2.26. The van der Waals surface area contributed by atoms with Gasteiger partial charge < -0.3 is 4.90 Å². The van der Waals surface area contributed by atoms with Gasteiger partial charge in [0.25, 0.3) is 0 Å². The second-order valence-electron chi connectivity index (χ2n) is 6.15. The Kier molecular flexibility index (Phi) is 4.06. The minimum absolute atomic E-state index is 0.0662. The fraction of sp³-hybridized carbons (Fsp3) is 0.211. The number of aromatic nitrogens is 1. The van der Waals surface area contributed by atoms with Crippen LogP contribution in [0.25, 0.3) is 20.8 Å². The number of halogens is 1. The van der Waals surface area contributed by atoms with Crippen LogP contribution in [0.3, 0.4) is 0 Å². The number of carbonyl (C=O) groups excluding carboxylic acids is 2. The number of benzene rings is 2. The predicted octanol–water partition coefficient (Wildman–Crippen LogP) is 4.39. The Labute approximate surface area is 154 Å². The van der Waals surface area contributed by atoms with E-state index in [1.165, 1.54) is 0 Å². The molecule has 126 valence electrons. The molecular weight excluding hydrogens is 356 g/mol. The minimum Gasteiger partial charge on any atom is -0.311 e. The van der Waals surface area contributed by atoms with Crippen molar-refractivity contribution in [3.8, 4) is 10.6 Å². The first-order valence-electron chi connectivity index (χ1n) is 8.00. The molecule has 0 aliphatic carbocycles. The van der Waals surface area contributed by atoms with E-state index in [1.807, 2.05) is 43.3 Å². The van der Waals surface area contributed by atoms with Gasteiger partial charge in [-0.05, 0) is 42.3 Å². The quantitative estimate of drug-likeness (QED) is 0.642. The molecule has 1 aromatic heterocycles. The Morgan fingerprint density at radius 3 is 2.76 bits per heavy atom. The van der Waals surface area contributed by atoms with E-state index < -0.39 is 11.2 Å². The van der Waals surface area contributed by atoms with Gasteiger partial charge in [0.1, 0.15) is 5.01 Å². The van der Waals surface area contributed by atoms with Gasteiger partial charge in [-0.1, -0.05) is 24.3 Å². The molecule has 2 heterocycles. The molecule has 1 atom stereocenters. The molecule has 0 N–H and O–H groups in total. The van der Waals surface area contributed by atoms with Crippen LogP contribution in [0.2, 0.25) is 0 Å². The summed E-state index contributed by atoms with van der Waals surface area (Å²) in [5.74, 6) is -0.497. The van der Waals surface area contributed by atoms with E-state index in [-0.39, 0.29) is 12.3 Å². The molecule has 4 rings (SSSR count). The van der Waals surface area contributed by atoms with E-state index in [0.717, 1.165) is 32.0 Å². The first kappa shape index (κ1) is 16.2. The van der Waals surface area contributed by atoms with Crippen molar-refractivity contribution in [3.63, 3.8) is 0 Å². The van der Waals surface area contributed by atoms with Crippen molar-refractivity contribution in [1.82, 2.24) is 4.98 Å². The van der Waals surface area contributed by atoms with Crippen LogP contribution in [0.15, 0.2) is 42.5 Å². The number of nitrogens with zero attached hydrogens (tertiary/aromatic N) is 2. The zero-order chi connectivity index (χ0) is 17.6. The van der Waals surface area contributed by atoms with Crippen molar-refractivity contribution in [1.29, 1.82) is 0 Å². The van der Waals surface area contributed by atoms with E-state index in [0.29, 0.717) is 6.54 Å². The van der Waals surface area contributed by atoms with E-state index in [2.05, 4.69) is 6.07 Å². The number of rotatable bonds is 3. The summed E-state index contributed by atoms with van der Waals surface area (Å²) in [4.78, 5) is 30.1. The van der Waals surface area contributed by atoms with Gasteiger partial charge in [0, 0.05) is 24.2 Å². The van der Waals surface area contributed by atoms with Crippen LogP contribution in [0.4, 0.5) is 5.69 Å². The van der Waals surface area contributed by atoms with Gasteiger partial charge in [-0.25, -0.2) is 4.98 Å². The van der Waals surface area contributed by atoms with E-state index in [1.54, 1.807) is 16.2 Å². The van der Waals surface area contributed by atoms with Crippen molar-refractivity contribution in [2.75, 3.05) is 11.4 Å². The predicted molar refractivity (Wildman–Crippen MR) is 101 cm³/mol. The zero-order valence-electron chi connectivity index (χ0n) is 13.5. The van der Waals surface area contributed by atoms with Crippen LogP contribution < -0.4 is 4.90 Å². The molecule has 25 heavy (non-hydrogen) atoms. The first-order chi connectivity index (χ1) is 12.0. The fourth-order valence-electron chi connectivity index (χ4n) is 3.23. The summed E-state index contributed by atoms with van der Waals surface area (Å²) >= 11 is 7.22. The molecule has 1 aliphatic heterocycles. The highest BCUT2D eigenvalue weighted by atomic mass is 35.5. The summed E-state index contributed by atoms with van der Waals surface area (Å²) in [6.07, 6.45) is 0.174. The number of hydrogen-bond acceptors (Lipinski definition) is 4. The maximum atomic E-state index is 12.3. The molecule has 1 fully saturated rings. The Hall–Kier alpha value is -2.24. The van der Waals surface area contributed by atoms with Crippen LogP contribution in [-0.2, 0) is 9.59 Å². The van der Waals surface area contributed by atoms with Gasteiger partial charge in [-0.15, -0.1) is 11.3 Å². The molecular formula is C19H15ClN2O2S. The highest BCUT2D eigenvalue weighted by Crippen LogP contribution is 2.37. The van der Waals surface area contributed by atoms with Gasteiger partial charge in [0.05, 0.1) is 16.1 Å². The van der Waals surface area contributed by atoms with Gasteiger partial charge >= 0.3 is 0 Å². The summed E-state index contributed by atoms with van der Waals surface area (Å²) in [5, 5.41) is 0.480. The van der Waals surface area contributed by atoms with E-state index in [4.69, 9.17) is 16.6 Å². The van der Waals surface area contributed by atoms with Crippen molar-refractivity contribution in [3.05, 3.63) is 48.0 Å². The summed E-state index contributed by atoms with van der Waals surface area (Å²) in [5.41, 5.74) is 3.78. The summed E-state index contributed by atoms with van der Waals surface area (Å²) in [7, 11) is 0. The van der Waals surface area contributed by atoms with Crippen LogP contribution in [-0.4, -0.2) is 22.7 Å². The third kappa shape index (κ3) is 2.83. The van der Waals surface area contributed by atoms with Crippen molar-refractivity contribution in [2.45, 2.75) is 13.3 Å². The second kappa shape index (κ2) is 6.24.